The van der Waals surface area contributed by atoms with Crippen molar-refractivity contribution in [3.63, 3.8) is 0 Å². The zero-order valence-corrected chi connectivity index (χ0v) is 86.5. The number of Topliss-reactive ketones (excluding diaryl/α,β-unsaturated/α-hetero) is 2. The van der Waals surface area contributed by atoms with Gasteiger partial charge in [0.05, 0.1) is 30.3 Å². The molecule has 20 N–H and O–H groups in total. The molecule has 12 aromatic heterocycles. The molecular formula is C101H141ClN36O11. The van der Waals surface area contributed by atoms with Crippen molar-refractivity contribution in [3.8, 4) is 0 Å². The number of aliphatic hydroxyl groups excluding tert-OH is 1. The number of carbonyl (C=O) groups is 6. The predicted octanol–water partition coefficient (Wildman–Crippen LogP) is 11.7. The number of pyridine rings is 6. The Morgan fingerprint density at radius 3 is 1.13 bits per heavy atom. The van der Waals surface area contributed by atoms with Crippen molar-refractivity contribution in [1.82, 2.24) is 164 Å². The lowest BCUT2D eigenvalue weighted by atomic mass is 9.79. The van der Waals surface area contributed by atoms with Crippen molar-refractivity contribution in [2.75, 3.05) is 61.8 Å². The van der Waals surface area contributed by atoms with Gasteiger partial charge in [-0.15, -0.1) is 61.2 Å². The molecule has 2 unspecified atom stereocenters. The lowest BCUT2D eigenvalue weighted by Gasteiger charge is -2.24. The number of carbonyl (C=O) groups excluding carboxylic acids is 2. The minimum atomic E-state index is -0.896. The fourth-order valence-corrected chi connectivity index (χ4v) is 19.3. The molecule has 0 aliphatic carbocycles. The summed E-state index contributed by atoms with van der Waals surface area (Å²) in [6, 6.07) is 32.7. The van der Waals surface area contributed by atoms with Crippen LogP contribution < -0.4 is 33.2 Å². The van der Waals surface area contributed by atoms with Gasteiger partial charge in [-0.1, -0.05) is 178 Å². The van der Waals surface area contributed by atoms with Crippen LogP contribution in [0.25, 0.3) is 0 Å². The van der Waals surface area contributed by atoms with E-state index in [0.29, 0.717) is 147 Å². The Morgan fingerprint density at radius 1 is 0.403 bits per heavy atom. The predicted molar refractivity (Wildman–Crippen MR) is 553 cm³/mol. The molecule has 0 bridgehead atoms. The third-order valence-electron chi connectivity index (χ3n) is 26.8. The van der Waals surface area contributed by atoms with Crippen LogP contribution in [-0.2, 0) is 67.3 Å². The summed E-state index contributed by atoms with van der Waals surface area (Å²) in [5, 5.41) is 143. The molecule has 14 heterocycles. The Hall–Kier alpha value is -14.9. The number of aromatic amines is 6. The summed E-state index contributed by atoms with van der Waals surface area (Å²) < 4.78 is 0. The van der Waals surface area contributed by atoms with Gasteiger partial charge < -0.3 is 58.7 Å². The number of nitrogens with two attached hydrogens (primary N) is 3. The summed E-state index contributed by atoms with van der Waals surface area (Å²) in [4.78, 5) is 97.3. The van der Waals surface area contributed by atoms with Gasteiger partial charge in [0.15, 0.2) is 34.9 Å². The number of aromatic nitrogens is 30. The van der Waals surface area contributed by atoms with Gasteiger partial charge in [-0.3, -0.25) is 38.7 Å². The number of carboxylic acid groups (broad SMARTS) is 4. The van der Waals surface area contributed by atoms with E-state index in [9.17, 15) is 49.2 Å². The zero-order valence-electron chi connectivity index (χ0n) is 85.8. The second-order valence-corrected chi connectivity index (χ2v) is 38.4. The van der Waals surface area contributed by atoms with E-state index in [0.717, 1.165) is 141 Å². The zero-order chi connectivity index (χ0) is 107. The molecule has 0 amide bonds. The first kappa shape index (κ1) is 116. The number of hydrogen-bond acceptors (Lipinski definition) is 37. The van der Waals surface area contributed by atoms with Crippen molar-refractivity contribution in [3.05, 3.63) is 225 Å². The van der Waals surface area contributed by atoms with Crippen LogP contribution in [0.1, 0.15) is 304 Å². The van der Waals surface area contributed by atoms with E-state index in [-0.39, 0.29) is 70.7 Å². The summed E-state index contributed by atoms with van der Waals surface area (Å²) >= 11 is 6.08. The van der Waals surface area contributed by atoms with Crippen LogP contribution >= 0.6 is 11.6 Å². The quantitative estimate of drug-likeness (QED) is 0.0157. The van der Waals surface area contributed by atoms with Crippen LogP contribution in [0.2, 0.25) is 5.15 Å². The Bertz CT molecular complexity index is 5970. The molecule has 0 radical (unpaired) electrons. The SMILES string of the molecule is CC(C)C[C@H](C(=O)O)[C@H](Cc1cc(Cl)nc(NCCO)c1)c1nn[nH]n1.CC(C[C@H](C(=O)O)[C@H](Cc1ccc(N)nc1)c1nn[nH]n1)c1ccccc1.CCC[C@H](C(=O)O)[C@H](CCCc1ccc(N)nc1)c1nn[nH]n1.CCC[C@H](C(=O)O)[C@H](CCc1ccc(N)nc1)c1nn[nH]n1.CCC[C@H](C(C)=O)[C@H](Cc1ccc(C2CCNC2)nc1)c1nn[nH]n1.CCC[C@H](C(C)=O)[C@H](Cc1ccc(C2CCNCC2)nc1)c1nn[nH]n1. The number of nitrogen functional groups attached to an aromatic ring is 3. The molecule has 15 rings (SSSR count). The van der Waals surface area contributed by atoms with E-state index >= 15 is 0 Å². The van der Waals surface area contributed by atoms with E-state index in [4.69, 9.17) is 38.9 Å². The maximum atomic E-state index is 12.2. The number of H-pyrrole nitrogens is 6. The van der Waals surface area contributed by atoms with Gasteiger partial charge in [0, 0.05) is 115 Å². The number of aryl methyl sites for hydroxylation is 2. The molecular weight excluding hydrogens is 1930 g/mol. The molecule has 1 aromatic carbocycles. The van der Waals surface area contributed by atoms with E-state index in [1.807, 2.05) is 95.5 Å². The van der Waals surface area contributed by atoms with Crippen molar-refractivity contribution < 1.29 is 54.3 Å². The number of nitrogens with one attached hydrogen (secondary N) is 9. The maximum absolute atomic E-state index is 12.2. The number of ketones is 2. The second kappa shape index (κ2) is 61.7. The first-order valence-corrected chi connectivity index (χ1v) is 51.2. The average Bonchev–Trinajstić information content (AvgIpc) is 1.82. The molecule has 0 saturated carbocycles. The van der Waals surface area contributed by atoms with Crippen molar-refractivity contribution in [1.29, 1.82) is 0 Å². The number of aliphatic hydroxyl groups is 1. The second-order valence-electron chi connectivity index (χ2n) is 38.1. The number of anilines is 4. The lowest BCUT2D eigenvalue weighted by Crippen LogP contribution is -2.27. The van der Waals surface area contributed by atoms with Crippen LogP contribution in [0.5, 0.6) is 0 Å². The van der Waals surface area contributed by atoms with E-state index in [1.165, 1.54) is 5.69 Å². The van der Waals surface area contributed by atoms with Crippen molar-refractivity contribution in [2.45, 2.75) is 257 Å². The molecule has 48 heteroatoms. The van der Waals surface area contributed by atoms with Gasteiger partial charge >= 0.3 is 23.9 Å². The van der Waals surface area contributed by atoms with Crippen LogP contribution in [0, 0.1) is 41.4 Å². The molecule has 2 aliphatic rings. The summed E-state index contributed by atoms with van der Waals surface area (Å²) in [7, 11) is 0. The van der Waals surface area contributed by atoms with Crippen LogP contribution in [0.4, 0.5) is 23.3 Å². The molecule has 798 valence electrons. The number of carboxylic acids is 4. The number of rotatable bonds is 51. The van der Waals surface area contributed by atoms with Gasteiger partial charge in [0.25, 0.3) is 0 Å². The molecule has 2 fully saturated rings. The fraction of sp³-hybridized carbons (Fsp3) is 0.525. The molecule has 2 aliphatic heterocycles. The van der Waals surface area contributed by atoms with Crippen molar-refractivity contribution in [2.24, 2.45) is 41.4 Å². The Balaban J connectivity index is 0.000000183. The van der Waals surface area contributed by atoms with E-state index in [2.05, 4.69) is 203 Å². The van der Waals surface area contributed by atoms with Gasteiger partial charge in [-0.05, 0) is 242 Å². The molecule has 149 heavy (non-hydrogen) atoms. The minimum absolute atomic E-state index is 0.0372. The topological polar surface area (TPSA) is 722 Å². The fourth-order valence-electron chi connectivity index (χ4n) is 19.1. The van der Waals surface area contributed by atoms with Crippen molar-refractivity contribution >= 4 is 70.3 Å². The third kappa shape index (κ3) is 37.5. The molecule has 13 aromatic rings. The highest BCUT2D eigenvalue weighted by molar-refractivity contribution is 6.29. The Labute approximate surface area is 869 Å². The van der Waals surface area contributed by atoms with Gasteiger partial charge in [0.2, 0.25) is 0 Å². The summed E-state index contributed by atoms with van der Waals surface area (Å²) in [5.74, 6) is -1.04. The maximum Gasteiger partial charge on any atom is 0.307 e. The number of piperidine rings is 1. The summed E-state index contributed by atoms with van der Waals surface area (Å²) in [6.45, 7) is 21.9. The summed E-state index contributed by atoms with van der Waals surface area (Å²) in [6.07, 6.45) is 25.5. The molecule has 2 saturated heterocycles. The Kier molecular flexibility index (Phi) is 48.0. The largest absolute Gasteiger partial charge is 0.481 e. The van der Waals surface area contributed by atoms with E-state index in [1.54, 1.807) is 62.8 Å². The first-order valence-electron chi connectivity index (χ1n) is 50.9. The summed E-state index contributed by atoms with van der Waals surface area (Å²) in [5.41, 5.74) is 26.2. The average molecular weight is 2070 g/mol. The molecule has 0 spiro atoms. The van der Waals surface area contributed by atoms with Gasteiger partial charge in [-0.25, -0.2) is 19.9 Å². The number of nitrogens with zero attached hydrogens (tertiary/aromatic N) is 24. The highest BCUT2D eigenvalue weighted by Gasteiger charge is 2.39. The highest BCUT2D eigenvalue weighted by atomic mass is 35.5. The number of tetrazole rings is 6. The highest BCUT2D eigenvalue weighted by Crippen LogP contribution is 2.40. The number of hydrogen-bond donors (Lipinski definition) is 17. The van der Waals surface area contributed by atoms with Crippen LogP contribution in [0.15, 0.2) is 134 Å². The monoisotopic (exact) mass is 2070 g/mol. The number of benzene rings is 1. The minimum Gasteiger partial charge on any atom is -0.481 e. The smallest absolute Gasteiger partial charge is 0.307 e. The van der Waals surface area contributed by atoms with Gasteiger partial charge in [0.1, 0.15) is 40.0 Å². The van der Waals surface area contributed by atoms with E-state index < -0.39 is 59.4 Å². The third-order valence-corrected chi connectivity index (χ3v) is 27.0. The number of aliphatic carboxylic acids is 4. The number of halogens is 1. The molecule has 47 nitrogen and oxygen atoms in total. The first-order chi connectivity index (χ1) is 72.0. The molecule has 14 atom stereocenters. The van der Waals surface area contributed by atoms with Crippen LogP contribution in [0.3, 0.4) is 0 Å². The normalized spacial score (nSPS) is 15.5. The standard InChI is InChI=1S/C19H22N6O2.C19H28N6O.C18H26N6O.C16H23ClN6O3.C15H22N6O2.C14H20N6O2/c1-12(14-5-3-2-4-6-14)9-16(19(26)27)15(18-22-24-25-23-18)10-13-7-8-17(20)21-11-13;1-3-4-16(13(2)26)17(19-22-24-25-23-19)11-14-5-6-18(21-12-14)15-7-9-20-10-8-15;1-3-4-15(12(2)25)16(18-21-23-24-22-18)9-13-5-6-17(20-10-13)14-7-8-19-11-14;1-9(2)5-12(16(25)26)11(15-20-22-23-21-15)6-10-7-13(17)19-14(8-10)18-3-4-24;1-2-4-12(15(22)23)11(14-18-20-21-19-14)6-3-5-10-7-8-13(16)17-9-10;1-2-3-11(14(21)22)10(13-17-19-20-18-13)6-4-9-5-7-12(15)16-8-9/h2-8,11-12,15-16H,9-10H2,1H3,(H2,20,21)(H,26,27)(H,22,23,24,25);5-6,12,15-17,20H,3-4,7-11H2,1-2H3,(H,22,23,24,25);5-6,10,14-16,19H,3-4,7-9,11H2,1-2H3,(H,21,22,23,24);7-9,11-12,24H,3-6H2,1-2H3,(H,18,19)(H,25,26)(H,20,21,22,23);7-9,11-12H,2-6H2,1H3,(H2,16,17)(H,22,23)(H,18,19,20,21);5,7-8,10-11H,2-4,6H2,1H3,(H2,15,16)(H,21,22)(H,17,18,19,20)/t12?,15-,16-;16-,17+;14?,15-,16+;2*11-,12-;10-,11-/m011000/s1. The lowest BCUT2D eigenvalue weighted by molar-refractivity contribution is -0.144. The van der Waals surface area contributed by atoms with Gasteiger partial charge in [-0.2, -0.15) is 31.3 Å². The van der Waals surface area contributed by atoms with Crippen LogP contribution in [-0.4, -0.2) is 254 Å². The Morgan fingerprint density at radius 2 is 0.765 bits per heavy atom.